The summed E-state index contributed by atoms with van der Waals surface area (Å²) >= 11 is 1.81. The van der Waals surface area contributed by atoms with Crippen LogP contribution < -0.4 is 10.5 Å². The Morgan fingerprint density at radius 1 is 1.22 bits per heavy atom. The average molecular weight is 261 g/mol. The second-order valence-corrected chi connectivity index (χ2v) is 5.62. The zero-order valence-corrected chi connectivity index (χ0v) is 11.7. The van der Waals surface area contributed by atoms with Crippen molar-refractivity contribution in [1.82, 2.24) is 0 Å². The second-order valence-electron chi connectivity index (χ2n) is 4.37. The third kappa shape index (κ3) is 3.34. The van der Waals surface area contributed by atoms with Gasteiger partial charge in [0.1, 0.15) is 12.4 Å². The van der Waals surface area contributed by atoms with Gasteiger partial charge in [-0.15, -0.1) is 11.3 Å². The lowest BCUT2D eigenvalue weighted by Gasteiger charge is -2.09. The number of rotatable bonds is 5. The van der Waals surface area contributed by atoms with Gasteiger partial charge in [-0.25, -0.2) is 0 Å². The first-order chi connectivity index (χ1) is 8.69. The van der Waals surface area contributed by atoms with E-state index in [9.17, 15) is 0 Å². The monoisotopic (exact) mass is 261 g/mol. The number of ether oxygens (including phenoxy) is 1. The molecule has 0 aliphatic rings. The van der Waals surface area contributed by atoms with Gasteiger partial charge in [-0.2, -0.15) is 0 Å². The first-order valence-electron chi connectivity index (χ1n) is 6.25. The molecule has 0 spiro atoms. The maximum absolute atomic E-state index is 5.86. The average Bonchev–Trinajstić information content (AvgIpc) is 2.84. The summed E-state index contributed by atoms with van der Waals surface area (Å²) in [5.41, 5.74) is 6.96. The lowest BCUT2D eigenvalue weighted by atomic mass is 10.1. The SMILES string of the molecule is CCc1ccc(COc2cccc([C@@H](C)N)c2)s1. The van der Waals surface area contributed by atoms with E-state index in [2.05, 4.69) is 19.1 Å². The minimum absolute atomic E-state index is 0.0435. The van der Waals surface area contributed by atoms with Gasteiger partial charge in [0, 0.05) is 15.8 Å². The number of nitrogens with two attached hydrogens (primary N) is 1. The Morgan fingerprint density at radius 2 is 2.00 bits per heavy atom. The van der Waals surface area contributed by atoms with E-state index < -0.39 is 0 Å². The molecular weight excluding hydrogens is 242 g/mol. The molecule has 0 saturated carbocycles. The smallest absolute Gasteiger partial charge is 0.122 e. The molecule has 0 amide bonds. The fourth-order valence-electron chi connectivity index (χ4n) is 1.73. The molecule has 18 heavy (non-hydrogen) atoms. The highest BCUT2D eigenvalue weighted by Crippen LogP contribution is 2.21. The molecule has 3 heteroatoms. The highest BCUT2D eigenvalue weighted by Gasteiger charge is 2.03. The second kappa shape index (κ2) is 6.03. The molecule has 1 heterocycles. The summed E-state index contributed by atoms with van der Waals surface area (Å²) in [5.74, 6) is 0.885. The molecule has 2 aromatic rings. The maximum Gasteiger partial charge on any atom is 0.122 e. The number of hydrogen-bond acceptors (Lipinski definition) is 3. The van der Waals surface area contributed by atoms with Crippen molar-refractivity contribution in [3.05, 3.63) is 51.7 Å². The highest BCUT2D eigenvalue weighted by atomic mass is 32.1. The summed E-state index contributed by atoms with van der Waals surface area (Å²) in [7, 11) is 0. The van der Waals surface area contributed by atoms with Gasteiger partial charge in [0.05, 0.1) is 0 Å². The Bertz CT molecular complexity index is 505. The van der Waals surface area contributed by atoms with Crippen molar-refractivity contribution < 1.29 is 4.74 Å². The van der Waals surface area contributed by atoms with Crippen molar-refractivity contribution >= 4 is 11.3 Å². The van der Waals surface area contributed by atoms with E-state index in [4.69, 9.17) is 10.5 Å². The van der Waals surface area contributed by atoms with Crippen molar-refractivity contribution in [2.24, 2.45) is 5.73 Å². The minimum Gasteiger partial charge on any atom is -0.488 e. The Hall–Kier alpha value is -1.32. The quantitative estimate of drug-likeness (QED) is 0.885. The van der Waals surface area contributed by atoms with E-state index in [0.717, 1.165) is 17.7 Å². The summed E-state index contributed by atoms with van der Waals surface area (Å²) in [6, 6.07) is 12.3. The standard InChI is InChI=1S/C15H19NOS/c1-3-14-7-8-15(18-14)10-17-13-6-4-5-12(9-13)11(2)16/h4-9,11H,3,10,16H2,1-2H3/t11-/m1/s1. The zero-order valence-electron chi connectivity index (χ0n) is 10.8. The van der Waals surface area contributed by atoms with Gasteiger partial charge in [-0.3, -0.25) is 0 Å². The van der Waals surface area contributed by atoms with Crippen LogP contribution in [0, 0.1) is 0 Å². The summed E-state index contributed by atoms with van der Waals surface area (Å²) in [4.78, 5) is 2.66. The molecule has 0 fully saturated rings. The summed E-state index contributed by atoms with van der Waals surface area (Å²) < 4.78 is 5.80. The van der Waals surface area contributed by atoms with Crippen molar-refractivity contribution in [3.8, 4) is 5.75 Å². The zero-order chi connectivity index (χ0) is 13.0. The van der Waals surface area contributed by atoms with Crippen LogP contribution in [0.5, 0.6) is 5.75 Å². The molecular formula is C15H19NOS. The third-order valence-corrected chi connectivity index (χ3v) is 4.03. The molecule has 96 valence electrons. The molecule has 1 atom stereocenters. The molecule has 0 radical (unpaired) electrons. The Labute approximate surface area is 112 Å². The van der Waals surface area contributed by atoms with Crippen LogP contribution >= 0.6 is 11.3 Å². The van der Waals surface area contributed by atoms with Crippen molar-refractivity contribution in [2.75, 3.05) is 0 Å². The summed E-state index contributed by atoms with van der Waals surface area (Å²) in [6.45, 7) is 4.78. The first-order valence-corrected chi connectivity index (χ1v) is 7.06. The van der Waals surface area contributed by atoms with Crippen molar-refractivity contribution in [2.45, 2.75) is 32.9 Å². The number of aryl methyl sites for hydroxylation is 1. The summed E-state index contributed by atoms with van der Waals surface area (Å²) in [6.07, 6.45) is 1.09. The van der Waals surface area contributed by atoms with Gasteiger partial charge in [-0.1, -0.05) is 19.1 Å². The molecule has 2 nitrogen and oxygen atoms in total. The van der Waals surface area contributed by atoms with Crippen LogP contribution in [0.4, 0.5) is 0 Å². The largest absolute Gasteiger partial charge is 0.488 e. The molecule has 2 N–H and O–H groups in total. The minimum atomic E-state index is 0.0435. The Kier molecular flexibility index (Phi) is 4.39. The van der Waals surface area contributed by atoms with Gasteiger partial charge in [-0.05, 0) is 43.2 Å². The topological polar surface area (TPSA) is 35.2 Å². The van der Waals surface area contributed by atoms with E-state index in [1.54, 1.807) is 0 Å². The highest BCUT2D eigenvalue weighted by molar-refractivity contribution is 7.11. The fraction of sp³-hybridized carbons (Fsp3) is 0.333. The lowest BCUT2D eigenvalue weighted by molar-refractivity contribution is 0.309. The molecule has 0 saturated heterocycles. The molecule has 1 aromatic carbocycles. The number of thiophene rings is 1. The molecule has 0 aliphatic heterocycles. The van der Waals surface area contributed by atoms with Crippen LogP contribution in [0.1, 0.15) is 35.2 Å². The van der Waals surface area contributed by atoms with Gasteiger partial charge >= 0.3 is 0 Å². The molecule has 1 aromatic heterocycles. The third-order valence-electron chi connectivity index (χ3n) is 2.83. The van der Waals surface area contributed by atoms with Gasteiger partial charge in [0.2, 0.25) is 0 Å². The molecule has 0 aliphatic carbocycles. The number of benzene rings is 1. The van der Waals surface area contributed by atoms with Crippen LogP contribution in [-0.2, 0) is 13.0 Å². The molecule has 2 rings (SSSR count). The lowest BCUT2D eigenvalue weighted by Crippen LogP contribution is -2.05. The molecule has 0 unspecified atom stereocenters. The van der Waals surface area contributed by atoms with Crippen LogP contribution in [-0.4, -0.2) is 0 Å². The number of hydrogen-bond donors (Lipinski definition) is 1. The predicted molar refractivity (Wildman–Crippen MR) is 77.1 cm³/mol. The Morgan fingerprint density at radius 3 is 2.67 bits per heavy atom. The van der Waals surface area contributed by atoms with E-state index in [1.165, 1.54) is 9.75 Å². The first kappa shape index (κ1) is 13.1. The Balaban J connectivity index is 1.99. The van der Waals surface area contributed by atoms with Gasteiger partial charge < -0.3 is 10.5 Å². The van der Waals surface area contributed by atoms with Gasteiger partial charge in [0.15, 0.2) is 0 Å². The van der Waals surface area contributed by atoms with E-state index in [0.29, 0.717) is 6.61 Å². The fourth-order valence-corrected chi connectivity index (χ4v) is 2.60. The normalized spacial score (nSPS) is 12.4. The van der Waals surface area contributed by atoms with Gasteiger partial charge in [0.25, 0.3) is 0 Å². The van der Waals surface area contributed by atoms with Crippen LogP contribution in [0.3, 0.4) is 0 Å². The van der Waals surface area contributed by atoms with E-state index in [1.807, 2.05) is 42.5 Å². The van der Waals surface area contributed by atoms with Crippen LogP contribution in [0.25, 0.3) is 0 Å². The molecule has 0 bridgehead atoms. The van der Waals surface area contributed by atoms with Crippen molar-refractivity contribution in [1.29, 1.82) is 0 Å². The predicted octanol–water partition coefficient (Wildman–Crippen LogP) is 3.91. The van der Waals surface area contributed by atoms with Crippen molar-refractivity contribution in [3.63, 3.8) is 0 Å². The van der Waals surface area contributed by atoms with Crippen LogP contribution in [0.15, 0.2) is 36.4 Å². The van der Waals surface area contributed by atoms with E-state index >= 15 is 0 Å². The van der Waals surface area contributed by atoms with Crippen LogP contribution in [0.2, 0.25) is 0 Å². The maximum atomic E-state index is 5.86. The summed E-state index contributed by atoms with van der Waals surface area (Å²) in [5, 5.41) is 0. The van der Waals surface area contributed by atoms with E-state index in [-0.39, 0.29) is 6.04 Å².